The van der Waals surface area contributed by atoms with E-state index in [2.05, 4.69) is 5.92 Å². The van der Waals surface area contributed by atoms with Crippen LogP contribution < -0.4 is 4.90 Å². The summed E-state index contributed by atoms with van der Waals surface area (Å²) in [7, 11) is -1.52. The molecule has 0 spiro atoms. The Bertz CT molecular complexity index is 670. The Kier molecular flexibility index (Phi) is 3.53. The van der Waals surface area contributed by atoms with Crippen LogP contribution in [0.2, 0.25) is 0 Å². The molecule has 0 saturated carbocycles. The van der Waals surface area contributed by atoms with Crippen LogP contribution in [0.5, 0.6) is 0 Å². The van der Waals surface area contributed by atoms with E-state index in [9.17, 15) is 13.8 Å². The van der Waals surface area contributed by atoms with Crippen molar-refractivity contribution in [2.75, 3.05) is 11.4 Å². The lowest BCUT2D eigenvalue weighted by atomic mass is 10.1. The number of fused-ring (bicyclic) bond motifs is 1. The van der Waals surface area contributed by atoms with E-state index >= 15 is 0 Å². The molecular weight excluding hydrogens is 274 g/mol. The molecule has 0 aromatic heterocycles. The standard InChI is InChI=1S/C15H15NO3S/c1-5-8-16-12-7-6-11(10(2)17)9-13(12)20(19)15(3,4)14(16)18/h1,6-7,9H,8H2,2-4H3. The number of carbonyl (C=O) groups is 2. The Balaban J connectivity index is 2.68. The number of carbonyl (C=O) groups excluding carboxylic acids is 2. The number of rotatable bonds is 2. The van der Waals surface area contributed by atoms with Crippen molar-refractivity contribution in [3.63, 3.8) is 0 Å². The van der Waals surface area contributed by atoms with Gasteiger partial charge < -0.3 is 0 Å². The second-order valence-corrected chi connectivity index (χ2v) is 7.11. The maximum atomic E-state index is 12.6. The van der Waals surface area contributed by atoms with Crippen LogP contribution in [0.15, 0.2) is 23.1 Å². The summed E-state index contributed by atoms with van der Waals surface area (Å²) in [5, 5.41) is 0. The summed E-state index contributed by atoms with van der Waals surface area (Å²) < 4.78 is 11.5. The van der Waals surface area contributed by atoms with Crippen LogP contribution in [-0.4, -0.2) is 27.2 Å². The van der Waals surface area contributed by atoms with E-state index in [1.165, 1.54) is 11.8 Å². The second-order valence-electron chi connectivity index (χ2n) is 5.11. The molecule has 1 aliphatic heterocycles. The number of amides is 1. The minimum absolute atomic E-state index is 0.108. The average molecular weight is 289 g/mol. The number of hydrogen-bond acceptors (Lipinski definition) is 3. The van der Waals surface area contributed by atoms with Crippen molar-refractivity contribution in [3.8, 4) is 12.3 Å². The maximum absolute atomic E-state index is 12.6. The molecular formula is C15H15NO3S. The first kappa shape index (κ1) is 14.5. The second kappa shape index (κ2) is 4.88. The van der Waals surface area contributed by atoms with E-state index < -0.39 is 15.5 Å². The predicted octanol–water partition coefficient (Wildman–Crippen LogP) is 1.76. The molecule has 2 rings (SSSR count). The molecule has 104 valence electrons. The Morgan fingerprint density at radius 2 is 2.10 bits per heavy atom. The first-order chi connectivity index (χ1) is 9.30. The molecule has 1 heterocycles. The Morgan fingerprint density at radius 1 is 1.45 bits per heavy atom. The van der Waals surface area contributed by atoms with Gasteiger partial charge in [0.15, 0.2) is 5.78 Å². The molecule has 1 atom stereocenters. The van der Waals surface area contributed by atoms with E-state index in [1.54, 1.807) is 32.0 Å². The molecule has 0 fully saturated rings. The summed E-state index contributed by atoms with van der Waals surface area (Å²) >= 11 is 0. The Hall–Kier alpha value is -1.93. The Morgan fingerprint density at radius 3 is 2.65 bits per heavy atom. The van der Waals surface area contributed by atoms with Gasteiger partial charge >= 0.3 is 0 Å². The summed E-state index contributed by atoms with van der Waals surface area (Å²) in [5.74, 6) is 2.06. The molecule has 0 N–H and O–H groups in total. The molecule has 5 heteroatoms. The van der Waals surface area contributed by atoms with Crippen molar-refractivity contribution in [1.29, 1.82) is 0 Å². The average Bonchev–Trinajstić information content (AvgIpc) is 2.41. The molecule has 0 radical (unpaired) electrons. The quantitative estimate of drug-likeness (QED) is 0.616. The van der Waals surface area contributed by atoms with Gasteiger partial charge in [-0.25, -0.2) is 0 Å². The number of anilines is 1. The van der Waals surface area contributed by atoms with Crippen LogP contribution in [0.3, 0.4) is 0 Å². The SMILES string of the molecule is C#CCN1C(=O)C(C)(C)S(=O)c2cc(C(C)=O)ccc21. The molecule has 20 heavy (non-hydrogen) atoms. The largest absolute Gasteiger partial charge is 0.298 e. The fourth-order valence-corrected chi connectivity index (χ4v) is 3.56. The van der Waals surface area contributed by atoms with Gasteiger partial charge in [-0.05, 0) is 39.0 Å². The molecule has 1 aliphatic rings. The van der Waals surface area contributed by atoms with E-state index in [4.69, 9.17) is 6.42 Å². The van der Waals surface area contributed by atoms with Crippen molar-refractivity contribution in [1.82, 2.24) is 0 Å². The van der Waals surface area contributed by atoms with Crippen molar-refractivity contribution in [2.45, 2.75) is 30.4 Å². The van der Waals surface area contributed by atoms with Gasteiger partial charge in [0.25, 0.3) is 0 Å². The summed E-state index contributed by atoms with van der Waals surface area (Å²) in [6.07, 6.45) is 5.31. The van der Waals surface area contributed by atoms with Crippen LogP contribution in [0.1, 0.15) is 31.1 Å². The highest BCUT2D eigenvalue weighted by molar-refractivity contribution is 7.87. The number of ketones is 1. The van der Waals surface area contributed by atoms with Crippen molar-refractivity contribution >= 4 is 28.2 Å². The number of nitrogens with zero attached hydrogens (tertiary/aromatic N) is 1. The van der Waals surface area contributed by atoms with Gasteiger partial charge in [0.2, 0.25) is 5.91 Å². The van der Waals surface area contributed by atoms with Gasteiger partial charge in [0.05, 0.1) is 27.9 Å². The van der Waals surface area contributed by atoms with Gasteiger partial charge in [-0.3, -0.25) is 18.7 Å². The molecule has 0 bridgehead atoms. The third-order valence-corrected chi connectivity index (χ3v) is 5.16. The number of hydrogen-bond donors (Lipinski definition) is 0. The lowest BCUT2D eigenvalue weighted by Crippen LogP contribution is -2.52. The normalized spacial score (nSPS) is 20.2. The monoisotopic (exact) mass is 289 g/mol. The molecule has 0 saturated heterocycles. The van der Waals surface area contributed by atoms with Crippen LogP contribution in [0.4, 0.5) is 5.69 Å². The minimum Gasteiger partial charge on any atom is -0.298 e. The highest BCUT2D eigenvalue weighted by atomic mass is 32.2. The fourth-order valence-electron chi connectivity index (χ4n) is 2.14. The topological polar surface area (TPSA) is 54.5 Å². The molecule has 1 amide bonds. The lowest BCUT2D eigenvalue weighted by molar-refractivity contribution is -0.120. The number of benzene rings is 1. The van der Waals surface area contributed by atoms with Crippen molar-refractivity contribution < 1.29 is 13.8 Å². The molecule has 1 aromatic rings. The lowest BCUT2D eigenvalue weighted by Gasteiger charge is -2.36. The van der Waals surface area contributed by atoms with E-state index in [0.29, 0.717) is 16.1 Å². The van der Waals surface area contributed by atoms with Gasteiger partial charge in [0, 0.05) is 5.56 Å². The van der Waals surface area contributed by atoms with E-state index in [0.717, 1.165) is 0 Å². The highest BCUT2D eigenvalue weighted by Crippen LogP contribution is 2.37. The van der Waals surface area contributed by atoms with Crippen LogP contribution in [0, 0.1) is 12.3 Å². The minimum atomic E-state index is -1.52. The zero-order valence-corrected chi connectivity index (χ0v) is 12.4. The summed E-state index contributed by atoms with van der Waals surface area (Å²) in [4.78, 5) is 25.8. The summed E-state index contributed by atoms with van der Waals surface area (Å²) in [6, 6.07) is 4.84. The maximum Gasteiger partial charge on any atom is 0.246 e. The summed E-state index contributed by atoms with van der Waals surface area (Å²) in [5.41, 5.74) is 0.999. The van der Waals surface area contributed by atoms with Gasteiger partial charge in [-0.1, -0.05) is 5.92 Å². The van der Waals surface area contributed by atoms with Gasteiger partial charge in [-0.2, -0.15) is 0 Å². The Labute approximate surface area is 120 Å². The van der Waals surface area contributed by atoms with Crippen LogP contribution >= 0.6 is 0 Å². The van der Waals surface area contributed by atoms with Gasteiger partial charge in [0.1, 0.15) is 4.75 Å². The predicted molar refractivity (Wildman–Crippen MR) is 78.1 cm³/mol. The first-order valence-corrected chi connectivity index (χ1v) is 7.28. The molecule has 4 nitrogen and oxygen atoms in total. The first-order valence-electron chi connectivity index (χ1n) is 6.13. The molecule has 1 aromatic carbocycles. The van der Waals surface area contributed by atoms with E-state index in [1.807, 2.05) is 0 Å². The smallest absolute Gasteiger partial charge is 0.246 e. The van der Waals surface area contributed by atoms with Gasteiger partial charge in [-0.15, -0.1) is 6.42 Å². The summed E-state index contributed by atoms with van der Waals surface area (Å²) in [6.45, 7) is 4.81. The van der Waals surface area contributed by atoms with Crippen molar-refractivity contribution in [2.24, 2.45) is 0 Å². The highest BCUT2D eigenvalue weighted by Gasteiger charge is 2.45. The van der Waals surface area contributed by atoms with E-state index in [-0.39, 0.29) is 18.2 Å². The van der Waals surface area contributed by atoms with Crippen molar-refractivity contribution in [3.05, 3.63) is 23.8 Å². The van der Waals surface area contributed by atoms with Crippen LogP contribution in [0.25, 0.3) is 0 Å². The molecule has 0 aliphatic carbocycles. The zero-order chi connectivity index (χ0) is 15.1. The third-order valence-electron chi connectivity index (χ3n) is 3.33. The number of Topliss-reactive ketones (excluding diaryl/α,β-unsaturated/α-hetero) is 1. The molecule has 1 unspecified atom stereocenters. The third kappa shape index (κ3) is 2.06. The number of terminal acetylenes is 1. The van der Waals surface area contributed by atoms with Crippen LogP contribution in [-0.2, 0) is 15.6 Å². The zero-order valence-electron chi connectivity index (χ0n) is 11.6. The fraction of sp³-hybridized carbons (Fsp3) is 0.333.